The minimum absolute atomic E-state index is 0.342. The monoisotopic (exact) mass is 303 g/mol. The summed E-state index contributed by atoms with van der Waals surface area (Å²) < 4.78 is 0. The Morgan fingerprint density at radius 2 is 1.39 bits per heavy atom. The van der Waals surface area contributed by atoms with E-state index in [1.807, 2.05) is 36.4 Å². The maximum Gasteiger partial charge on any atom is 0.367 e. The van der Waals surface area contributed by atoms with Crippen molar-refractivity contribution in [3.63, 3.8) is 0 Å². The predicted octanol–water partition coefficient (Wildman–Crippen LogP) is 3.09. The first-order chi connectivity index (χ1) is 11.3. The Balaban J connectivity index is 1.91. The van der Waals surface area contributed by atoms with Crippen molar-refractivity contribution < 1.29 is 9.63 Å². The highest BCUT2D eigenvalue weighted by Crippen LogP contribution is 2.11. The average Bonchev–Trinajstić information content (AvgIpc) is 2.64. The number of carbonyl (C=O) groups excluding carboxylic acids is 1. The Kier molecular flexibility index (Phi) is 4.49. The molecule has 0 aliphatic carbocycles. The molecule has 0 atom stereocenters. The average molecular weight is 303 g/mol. The molecule has 0 radical (unpaired) electrons. The lowest BCUT2D eigenvalue weighted by Crippen LogP contribution is -2.08. The van der Waals surface area contributed by atoms with Crippen LogP contribution in [-0.2, 0) is 4.84 Å². The second-order valence-electron chi connectivity index (χ2n) is 4.67. The second kappa shape index (κ2) is 7.09. The van der Waals surface area contributed by atoms with Gasteiger partial charge < -0.3 is 4.84 Å². The van der Waals surface area contributed by atoms with Gasteiger partial charge in [-0.3, -0.25) is 9.97 Å². The Labute approximate surface area is 133 Å². The molecule has 0 aliphatic rings. The van der Waals surface area contributed by atoms with Gasteiger partial charge in [0, 0.05) is 35.9 Å². The van der Waals surface area contributed by atoms with Crippen LogP contribution in [0.5, 0.6) is 0 Å². The topological polar surface area (TPSA) is 64.4 Å². The highest BCUT2D eigenvalue weighted by molar-refractivity contribution is 6.12. The molecule has 3 rings (SSSR count). The number of nitrogens with zero attached hydrogens (tertiary/aromatic N) is 3. The minimum Gasteiger partial charge on any atom is -0.312 e. The Morgan fingerprint density at radius 3 is 2.00 bits per heavy atom. The highest BCUT2D eigenvalue weighted by Gasteiger charge is 2.11. The lowest BCUT2D eigenvalue weighted by Gasteiger charge is -2.06. The first kappa shape index (κ1) is 14.6. The van der Waals surface area contributed by atoms with Crippen molar-refractivity contribution in [1.82, 2.24) is 9.97 Å². The van der Waals surface area contributed by atoms with Crippen LogP contribution in [0.3, 0.4) is 0 Å². The van der Waals surface area contributed by atoms with Gasteiger partial charge in [0.1, 0.15) is 5.71 Å². The molecule has 0 saturated carbocycles. The quantitative estimate of drug-likeness (QED) is 0.422. The summed E-state index contributed by atoms with van der Waals surface area (Å²) in [6, 6.07) is 16.4. The molecule has 3 aromatic rings. The summed E-state index contributed by atoms with van der Waals surface area (Å²) in [7, 11) is 0. The molecule has 0 bridgehead atoms. The van der Waals surface area contributed by atoms with Gasteiger partial charge in [0.05, 0.1) is 5.56 Å². The maximum absolute atomic E-state index is 12.0. The lowest BCUT2D eigenvalue weighted by atomic mass is 10.0. The molecule has 2 aromatic heterocycles. The van der Waals surface area contributed by atoms with E-state index in [0.29, 0.717) is 11.3 Å². The third kappa shape index (κ3) is 3.65. The normalized spacial score (nSPS) is 11.0. The number of hydrogen-bond donors (Lipinski definition) is 0. The van der Waals surface area contributed by atoms with E-state index in [2.05, 4.69) is 15.1 Å². The van der Waals surface area contributed by atoms with Crippen molar-refractivity contribution in [2.45, 2.75) is 0 Å². The van der Waals surface area contributed by atoms with E-state index >= 15 is 0 Å². The molecule has 5 nitrogen and oxygen atoms in total. The number of rotatable bonds is 4. The van der Waals surface area contributed by atoms with Crippen LogP contribution in [-0.4, -0.2) is 21.6 Å². The van der Waals surface area contributed by atoms with Crippen LogP contribution in [0, 0.1) is 0 Å². The van der Waals surface area contributed by atoms with Gasteiger partial charge in [-0.25, -0.2) is 4.79 Å². The smallest absolute Gasteiger partial charge is 0.312 e. The Hall–Kier alpha value is -3.34. The molecule has 0 N–H and O–H groups in total. The number of aromatic nitrogens is 2. The van der Waals surface area contributed by atoms with Gasteiger partial charge in [0.15, 0.2) is 0 Å². The summed E-state index contributed by atoms with van der Waals surface area (Å²) in [5.74, 6) is -0.560. The fourth-order valence-corrected chi connectivity index (χ4v) is 1.99. The predicted molar refractivity (Wildman–Crippen MR) is 86.0 cm³/mol. The molecule has 5 heteroatoms. The third-order valence-corrected chi connectivity index (χ3v) is 3.10. The molecule has 0 unspecified atom stereocenters. The zero-order valence-corrected chi connectivity index (χ0v) is 12.2. The number of carbonyl (C=O) groups is 1. The molecule has 0 fully saturated rings. The number of pyridine rings is 2. The SMILES string of the molecule is O=C(ON=C(c1ccccc1)c1cccnc1)c1cccnc1. The van der Waals surface area contributed by atoms with Gasteiger partial charge in [-0.15, -0.1) is 0 Å². The van der Waals surface area contributed by atoms with E-state index in [4.69, 9.17) is 4.84 Å². The second-order valence-corrected chi connectivity index (χ2v) is 4.67. The van der Waals surface area contributed by atoms with Crippen LogP contribution in [0.15, 0.2) is 84.5 Å². The third-order valence-electron chi connectivity index (χ3n) is 3.10. The van der Waals surface area contributed by atoms with Gasteiger partial charge in [-0.2, -0.15) is 0 Å². The zero-order chi connectivity index (χ0) is 15.9. The van der Waals surface area contributed by atoms with Gasteiger partial charge >= 0.3 is 5.97 Å². The van der Waals surface area contributed by atoms with E-state index in [9.17, 15) is 4.79 Å². The van der Waals surface area contributed by atoms with Crippen LogP contribution in [0.1, 0.15) is 21.5 Å². The van der Waals surface area contributed by atoms with E-state index in [-0.39, 0.29) is 0 Å². The van der Waals surface area contributed by atoms with Gasteiger partial charge in [0.2, 0.25) is 0 Å². The molecular weight excluding hydrogens is 290 g/mol. The summed E-state index contributed by atoms with van der Waals surface area (Å²) in [5.41, 5.74) is 2.47. The Bertz CT molecular complexity index is 762. The maximum atomic E-state index is 12.0. The molecule has 0 aliphatic heterocycles. The van der Waals surface area contributed by atoms with Gasteiger partial charge in [-0.1, -0.05) is 35.5 Å². The first-order valence-corrected chi connectivity index (χ1v) is 7.00. The molecule has 112 valence electrons. The van der Waals surface area contributed by atoms with Crippen molar-refractivity contribution in [3.8, 4) is 0 Å². The van der Waals surface area contributed by atoms with Crippen molar-refractivity contribution in [2.24, 2.45) is 5.16 Å². The van der Waals surface area contributed by atoms with Crippen molar-refractivity contribution >= 4 is 11.7 Å². The van der Waals surface area contributed by atoms with Crippen molar-refractivity contribution in [3.05, 3.63) is 96.1 Å². The van der Waals surface area contributed by atoms with Crippen LogP contribution >= 0.6 is 0 Å². The summed E-state index contributed by atoms with van der Waals surface area (Å²) in [6.45, 7) is 0. The number of hydrogen-bond acceptors (Lipinski definition) is 5. The standard InChI is InChI=1S/C18H13N3O2/c22-18(16-9-5-11-20-13-16)23-21-17(14-6-2-1-3-7-14)15-8-4-10-19-12-15/h1-13H. The molecule has 0 saturated heterocycles. The van der Waals surface area contributed by atoms with Crippen LogP contribution < -0.4 is 0 Å². The molecule has 1 aromatic carbocycles. The Morgan fingerprint density at radius 1 is 0.783 bits per heavy atom. The fourth-order valence-electron chi connectivity index (χ4n) is 1.99. The summed E-state index contributed by atoms with van der Waals surface area (Å²) >= 11 is 0. The van der Waals surface area contributed by atoms with Gasteiger partial charge in [0.25, 0.3) is 0 Å². The first-order valence-electron chi connectivity index (χ1n) is 7.00. The minimum atomic E-state index is -0.560. The molecular formula is C18H13N3O2. The number of benzene rings is 1. The summed E-state index contributed by atoms with van der Waals surface area (Å²) in [6.07, 6.45) is 6.37. The van der Waals surface area contributed by atoms with Crippen LogP contribution in [0.4, 0.5) is 0 Å². The van der Waals surface area contributed by atoms with Crippen LogP contribution in [0.25, 0.3) is 0 Å². The van der Waals surface area contributed by atoms with E-state index < -0.39 is 5.97 Å². The molecule has 23 heavy (non-hydrogen) atoms. The molecule has 0 amide bonds. The zero-order valence-electron chi connectivity index (χ0n) is 12.2. The largest absolute Gasteiger partial charge is 0.367 e. The number of oxime groups is 1. The highest BCUT2D eigenvalue weighted by atomic mass is 16.7. The van der Waals surface area contributed by atoms with Gasteiger partial charge in [-0.05, 0) is 24.3 Å². The summed E-state index contributed by atoms with van der Waals surface area (Å²) in [5, 5.41) is 4.04. The van der Waals surface area contributed by atoms with Crippen LogP contribution in [0.2, 0.25) is 0 Å². The van der Waals surface area contributed by atoms with E-state index in [1.165, 1.54) is 6.20 Å². The van der Waals surface area contributed by atoms with E-state index in [0.717, 1.165) is 11.1 Å². The molecule has 0 spiro atoms. The molecule has 2 heterocycles. The lowest BCUT2D eigenvalue weighted by molar-refractivity contribution is 0.0516. The van der Waals surface area contributed by atoms with Crippen molar-refractivity contribution in [2.75, 3.05) is 0 Å². The summed E-state index contributed by atoms with van der Waals surface area (Å²) in [4.78, 5) is 25.1. The fraction of sp³-hybridized carbons (Fsp3) is 0. The van der Waals surface area contributed by atoms with Crippen molar-refractivity contribution in [1.29, 1.82) is 0 Å². The van der Waals surface area contributed by atoms with E-state index in [1.54, 1.807) is 36.8 Å².